The van der Waals surface area contributed by atoms with Gasteiger partial charge in [0.2, 0.25) is 0 Å². The van der Waals surface area contributed by atoms with E-state index in [0.29, 0.717) is 17.7 Å². The molecule has 0 aliphatic heterocycles. The molecule has 0 saturated carbocycles. The van der Waals surface area contributed by atoms with Crippen molar-refractivity contribution in [1.82, 2.24) is 0 Å². The number of rotatable bonds is 5. The number of alkyl halides is 6. The first-order valence-electron chi connectivity index (χ1n) is 7.35. The van der Waals surface area contributed by atoms with E-state index >= 15 is 0 Å². The lowest BCUT2D eigenvalue weighted by Crippen LogP contribution is -2.19. The topological polar surface area (TPSA) is 50.7 Å². The summed E-state index contributed by atoms with van der Waals surface area (Å²) in [5, 5.41) is 5.42. The first-order valence-corrected chi connectivity index (χ1v) is 7.35. The minimum atomic E-state index is -5.00. The molecule has 0 unspecified atom stereocenters. The largest absolute Gasteiger partial charge is 0.416 e. The maximum Gasteiger partial charge on any atom is 0.416 e. The van der Waals surface area contributed by atoms with E-state index in [9.17, 15) is 31.1 Å². The fraction of sp³-hybridized carbons (Fsp3) is 0.176. The summed E-state index contributed by atoms with van der Waals surface area (Å²) in [5.74, 6) is -0.965. The number of oxime groups is 1. The molecule has 0 fully saturated rings. The van der Waals surface area contributed by atoms with Crippen LogP contribution in [-0.4, -0.2) is 18.7 Å². The van der Waals surface area contributed by atoms with E-state index in [1.807, 2.05) is 5.32 Å². The monoisotopic (exact) mass is 390 g/mol. The van der Waals surface area contributed by atoms with Crippen molar-refractivity contribution in [1.29, 1.82) is 0 Å². The minimum absolute atomic E-state index is 0.0314. The average molecular weight is 390 g/mol. The molecular formula is C17H12F6N2O2. The molecule has 2 rings (SSSR count). The number of hydrogen-bond donors (Lipinski definition) is 1. The molecule has 1 N–H and O–H groups in total. The summed E-state index contributed by atoms with van der Waals surface area (Å²) in [6.07, 6.45) is -8.71. The van der Waals surface area contributed by atoms with Crippen LogP contribution in [0.5, 0.6) is 0 Å². The van der Waals surface area contributed by atoms with Crippen molar-refractivity contribution < 1.29 is 36.0 Å². The molecule has 0 heterocycles. The molecule has 0 aliphatic rings. The van der Waals surface area contributed by atoms with Crippen LogP contribution in [0, 0.1) is 0 Å². The predicted octanol–water partition coefficient (Wildman–Crippen LogP) is 4.71. The molecule has 2 aromatic rings. The van der Waals surface area contributed by atoms with Gasteiger partial charge in [0.1, 0.15) is 0 Å². The lowest BCUT2D eigenvalue weighted by atomic mass is 10.1. The van der Waals surface area contributed by atoms with E-state index in [0.717, 1.165) is 0 Å². The second-order valence-electron chi connectivity index (χ2n) is 5.26. The predicted molar refractivity (Wildman–Crippen MR) is 85.1 cm³/mol. The van der Waals surface area contributed by atoms with Crippen molar-refractivity contribution in [3.8, 4) is 0 Å². The molecule has 0 radical (unpaired) electrons. The molecule has 27 heavy (non-hydrogen) atoms. The summed E-state index contributed by atoms with van der Waals surface area (Å²) in [6, 6.07) is 9.43. The van der Waals surface area contributed by atoms with E-state index < -0.39 is 41.7 Å². The van der Waals surface area contributed by atoms with Crippen LogP contribution in [0.3, 0.4) is 0 Å². The Hall–Kier alpha value is -3.04. The number of anilines is 1. The highest BCUT2D eigenvalue weighted by Gasteiger charge is 2.37. The number of hydrogen-bond acceptors (Lipinski definition) is 3. The van der Waals surface area contributed by atoms with Crippen LogP contribution in [0.15, 0.2) is 53.7 Å². The first kappa shape index (κ1) is 20.3. The van der Waals surface area contributed by atoms with Crippen molar-refractivity contribution >= 4 is 17.8 Å². The fourth-order valence-corrected chi connectivity index (χ4v) is 1.96. The Balaban J connectivity index is 2.05. The molecule has 2 aromatic carbocycles. The molecular weight excluding hydrogens is 378 g/mol. The first-order chi connectivity index (χ1) is 12.6. The number of nitrogens with zero attached hydrogens (tertiary/aromatic N) is 1. The van der Waals surface area contributed by atoms with Gasteiger partial charge in [-0.3, -0.25) is 4.79 Å². The molecule has 0 aliphatic carbocycles. The summed E-state index contributed by atoms with van der Waals surface area (Å²) in [6.45, 7) is -0.694. The third-order valence-corrected chi connectivity index (χ3v) is 3.14. The fourth-order valence-electron chi connectivity index (χ4n) is 1.96. The number of carbonyl (C=O) groups excluding carboxylic acids is 1. The number of benzene rings is 2. The van der Waals surface area contributed by atoms with Crippen LogP contribution >= 0.6 is 0 Å². The van der Waals surface area contributed by atoms with Crippen molar-refractivity contribution in [2.45, 2.75) is 12.4 Å². The zero-order chi connectivity index (χ0) is 20.1. The molecule has 0 bridgehead atoms. The SMILES string of the molecule is O=C(CO/N=C\c1ccccc1)Nc1cc(C(F)(F)F)cc(C(F)(F)F)c1. The number of amides is 1. The van der Waals surface area contributed by atoms with Crippen LogP contribution in [0.2, 0.25) is 0 Å². The normalized spacial score (nSPS) is 12.2. The van der Waals surface area contributed by atoms with Crippen LogP contribution in [0.25, 0.3) is 0 Å². The van der Waals surface area contributed by atoms with Crippen molar-refractivity contribution in [3.63, 3.8) is 0 Å². The molecule has 144 valence electrons. The van der Waals surface area contributed by atoms with Crippen LogP contribution in [-0.2, 0) is 22.0 Å². The third-order valence-electron chi connectivity index (χ3n) is 3.14. The molecule has 4 nitrogen and oxygen atoms in total. The Morgan fingerprint density at radius 1 is 0.963 bits per heavy atom. The highest BCUT2D eigenvalue weighted by Crippen LogP contribution is 2.37. The second-order valence-corrected chi connectivity index (χ2v) is 5.26. The Morgan fingerprint density at radius 3 is 2.04 bits per heavy atom. The van der Waals surface area contributed by atoms with Gasteiger partial charge in [0.25, 0.3) is 5.91 Å². The van der Waals surface area contributed by atoms with Crippen molar-refractivity contribution in [3.05, 3.63) is 65.2 Å². The summed E-state index contributed by atoms with van der Waals surface area (Å²) < 4.78 is 76.6. The van der Waals surface area contributed by atoms with Gasteiger partial charge in [-0.1, -0.05) is 35.5 Å². The maximum absolute atomic E-state index is 12.8. The lowest BCUT2D eigenvalue weighted by Gasteiger charge is -2.14. The van der Waals surface area contributed by atoms with Gasteiger partial charge in [0.15, 0.2) is 6.61 Å². The summed E-state index contributed by atoms with van der Waals surface area (Å²) >= 11 is 0. The summed E-state index contributed by atoms with van der Waals surface area (Å²) in [7, 11) is 0. The Morgan fingerprint density at radius 2 is 1.52 bits per heavy atom. The smallest absolute Gasteiger partial charge is 0.386 e. The van der Waals surface area contributed by atoms with E-state index in [4.69, 9.17) is 0 Å². The highest BCUT2D eigenvalue weighted by atomic mass is 19.4. The maximum atomic E-state index is 12.8. The van der Waals surface area contributed by atoms with Gasteiger partial charge in [0, 0.05) is 5.69 Å². The Kier molecular flexibility index (Phi) is 6.09. The zero-order valence-electron chi connectivity index (χ0n) is 13.4. The van der Waals surface area contributed by atoms with E-state index in [1.54, 1.807) is 30.3 Å². The van der Waals surface area contributed by atoms with Gasteiger partial charge in [-0.15, -0.1) is 0 Å². The Labute approximate surface area is 149 Å². The number of carbonyl (C=O) groups is 1. The van der Waals surface area contributed by atoms with Crippen LogP contribution < -0.4 is 5.32 Å². The number of nitrogens with one attached hydrogen (secondary N) is 1. The highest BCUT2D eigenvalue weighted by molar-refractivity contribution is 5.92. The summed E-state index contributed by atoms with van der Waals surface area (Å²) in [5.41, 5.74) is -3.05. The molecule has 0 aromatic heterocycles. The molecule has 0 saturated heterocycles. The van der Waals surface area contributed by atoms with Gasteiger partial charge in [-0.25, -0.2) is 0 Å². The van der Waals surface area contributed by atoms with Crippen LogP contribution in [0.1, 0.15) is 16.7 Å². The van der Waals surface area contributed by atoms with E-state index in [-0.39, 0.29) is 6.07 Å². The number of halogens is 6. The third kappa shape index (κ3) is 6.32. The van der Waals surface area contributed by atoms with Gasteiger partial charge < -0.3 is 10.2 Å². The van der Waals surface area contributed by atoms with E-state index in [1.165, 1.54) is 6.21 Å². The van der Waals surface area contributed by atoms with Crippen LogP contribution in [0.4, 0.5) is 32.0 Å². The van der Waals surface area contributed by atoms with Crippen molar-refractivity contribution in [2.75, 3.05) is 11.9 Å². The minimum Gasteiger partial charge on any atom is -0.386 e. The Bertz CT molecular complexity index is 784. The van der Waals surface area contributed by atoms with Gasteiger partial charge in [0.05, 0.1) is 17.3 Å². The molecule has 0 atom stereocenters. The van der Waals surface area contributed by atoms with E-state index in [2.05, 4.69) is 9.99 Å². The van der Waals surface area contributed by atoms with Crippen molar-refractivity contribution in [2.24, 2.45) is 5.16 Å². The second kappa shape index (κ2) is 8.11. The zero-order valence-corrected chi connectivity index (χ0v) is 13.4. The van der Waals surface area contributed by atoms with Gasteiger partial charge in [-0.2, -0.15) is 26.3 Å². The standard InChI is InChI=1S/C17H12F6N2O2/c18-16(19,20)12-6-13(17(21,22)23)8-14(7-12)25-15(26)10-27-24-9-11-4-2-1-3-5-11/h1-9H,10H2,(H,25,26)/b24-9-. The molecule has 10 heteroatoms. The quantitative estimate of drug-likeness (QED) is 0.457. The average Bonchev–Trinajstić information content (AvgIpc) is 2.58. The molecule has 0 spiro atoms. The van der Waals surface area contributed by atoms with Gasteiger partial charge in [-0.05, 0) is 23.8 Å². The lowest BCUT2D eigenvalue weighted by molar-refractivity contribution is -0.143. The molecule has 1 amide bonds. The summed E-state index contributed by atoms with van der Waals surface area (Å²) in [4.78, 5) is 16.4. The van der Waals surface area contributed by atoms with Gasteiger partial charge >= 0.3 is 12.4 Å².